The molecule has 0 aliphatic rings. The topological polar surface area (TPSA) is 84.6 Å². The van der Waals surface area contributed by atoms with E-state index in [-0.39, 0.29) is 12.5 Å². The lowest BCUT2D eigenvalue weighted by Crippen LogP contribution is -2.41. The highest BCUT2D eigenvalue weighted by Crippen LogP contribution is 2.18. The molecule has 0 aliphatic carbocycles. The molecule has 0 aliphatic heterocycles. The highest BCUT2D eigenvalue weighted by Gasteiger charge is 2.21. The Morgan fingerprint density at radius 2 is 2.26 bits per heavy atom. The summed E-state index contributed by atoms with van der Waals surface area (Å²) in [5.41, 5.74) is 5.52. The van der Waals surface area contributed by atoms with Crippen molar-refractivity contribution < 1.29 is 14.6 Å². The first kappa shape index (κ1) is 15.9. The number of nitrogens with one attached hydrogen (secondary N) is 1. The van der Waals surface area contributed by atoms with Crippen LogP contribution in [0.2, 0.25) is 0 Å². The fraction of sp³-hybridized carbons (Fsp3) is 0.462. The lowest BCUT2D eigenvalue weighted by molar-refractivity contribution is 0.0244. The second kappa shape index (κ2) is 6.88. The number of nitrogens with two attached hydrogens (primary N) is 1. The quantitative estimate of drug-likeness (QED) is 0.691. The van der Waals surface area contributed by atoms with Crippen LogP contribution in [0.1, 0.15) is 23.7 Å². The molecule has 0 spiro atoms. The number of hydrogen-bond donors (Lipinski definition) is 3. The van der Waals surface area contributed by atoms with Gasteiger partial charge in [-0.2, -0.15) is 0 Å². The first-order valence-corrected chi connectivity index (χ1v) is 6.69. The van der Waals surface area contributed by atoms with Crippen molar-refractivity contribution in [3.05, 3.63) is 28.2 Å². The van der Waals surface area contributed by atoms with Gasteiger partial charge in [-0.05, 0) is 25.1 Å². The third-order valence-electron chi connectivity index (χ3n) is 2.73. The number of halogens is 1. The zero-order valence-corrected chi connectivity index (χ0v) is 12.7. The molecule has 1 atom stereocenters. The summed E-state index contributed by atoms with van der Waals surface area (Å²) in [6.45, 7) is 2.22. The van der Waals surface area contributed by atoms with Crippen LogP contribution in [0, 0.1) is 0 Å². The maximum atomic E-state index is 12.0. The number of carbonyl (C=O) groups excluding carboxylic acids is 1. The third kappa shape index (κ3) is 5.18. The van der Waals surface area contributed by atoms with Gasteiger partial charge in [0.15, 0.2) is 0 Å². The summed E-state index contributed by atoms with van der Waals surface area (Å²) < 4.78 is 5.68. The van der Waals surface area contributed by atoms with Gasteiger partial charge >= 0.3 is 0 Å². The van der Waals surface area contributed by atoms with Gasteiger partial charge in [0, 0.05) is 36.8 Å². The molecule has 6 heteroatoms. The molecule has 1 aromatic rings. The smallest absolute Gasteiger partial charge is 0.253 e. The van der Waals surface area contributed by atoms with Crippen LogP contribution in [0.15, 0.2) is 22.7 Å². The van der Waals surface area contributed by atoms with E-state index in [0.29, 0.717) is 24.3 Å². The predicted molar refractivity (Wildman–Crippen MR) is 78.0 cm³/mol. The summed E-state index contributed by atoms with van der Waals surface area (Å²) in [6.07, 6.45) is 0.442. The Balaban J connectivity index is 2.62. The van der Waals surface area contributed by atoms with Crippen LogP contribution >= 0.6 is 15.9 Å². The van der Waals surface area contributed by atoms with E-state index < -0.39 is 5.60 Å². The molecule has 19 heavy (non-hydrogen) atoms. The van der Waals surface area contributed by atoms with Crippen LogP contribution in [0.3, 0.4) is 0 Å². The molecule has 1 unspecified atom stereocenters. The fourth-order valence-corrected chi connectivity index (χ4v) is 1.86. The molecule has 0 aromatic heterocycles. The van der Waals surface area contributed by atoms with Crippen LogP contribution in [-0.4, -0.2) is 36.9 Å². The number of carbonyl (C=O) groups is 1. The highest BCUT2D eigenvalue weighted by atomic mass is 79.9. The summed E-state index contributed by atoms with van der Waals surface area (Å²) >= 11 is 3.29. The van der Waals surface area contributed by atoms with E-state index in [1.807, 2.05) is 0 Å². The lowest BCUT2D eigenvalue weighted by atomic mass is 10.0. The largest absolute Gasteiger partial charge is 0.398 e. The van der Waals surface area contributed by atoms with Gasteiger partial charge in [0.05, 0.1) is 11.2 Å². The average molecular weight is 331 g/mol. The van der Waals surface area contributed by atoms with Gasteiger partial charge in [-0.3, -0.25) is 4.79 Å². The molecule has 1 aromatic carbocycles. The molecular weight excluding hydrogens is 312 g/mol. The van der Waals surface area contributed by atoms with Crippen LogP contribution in [0.4, 0.5) is 5.69 Å². The number of amides is 1. The minimum atomic E-state index is -1.01. The minimum Gasteiger partial charge on any atom is -0.398 e. The van der Waals surface area contributed by atoms with E-state index in [2.05, 4.69) is 21.2 Å². The van der Waals surface area contributed by atoms with Gasteiger partial charge < -0.3 is 20.9 Å². The van der Waals surface area contributed by atoms with Crippen molar-refractivity contribution >= 4 is 27.5 Å². The minimum absolute atomic E-state index is 0.140. The average Bonchev–Trinajstić information content (AvgIpc) is 2.36. The maximum absolute atomic E-state index is 12.0. The van der Waals surface area contributed by atoms with E-state index in [4.69, 9.17) is 10.5 Å². The van der Waals surface area contributed by atoms with Gasteiger partial charge in [-0.1, -0.05) is 15.9 Å². The van der Waals surface area contributed by atoms with Crippen molar-refractivity contribution in [3.8, 4) is 0 Å². The summed E-state index contributed by atoms with van der Waals surface area (Å²) in [5, 5.41) is 12.7. The second-order valence-electron chi connectivity index (χ2n) is 4.65. The van der Waals surface area contributed by atoms with Crippen LogP contribution in [0.5, 0.6) is 0 Å². The second-order valence-corrected chi connectivity index (χ2v) is 5.57. The number of nitrogen functional groups attached to an aromatic ring is 1. The van der Waals surface area contributed by atoms with Crippen molar-refractivity contribution in [2.45, 2.75) is 18.9 Å². The number of aliphatic hydroxyl groups is 1. The number of anilines is 1. The molecule has 0 bridgehead atoms. The molecule has 0 saturated heterocycles. The molecule has 0 fully saturated rings. The van der Waals surface area contributed by atoms with Gasteiger partial charge in [0.2, 0.25) is 0 Å². The number of methoxy groups -OCH3 is 1. The number of rotatable bonds is 6. The Morgan fingerprint density at radius 1 is 1.58 bits per heavy atom. The van der Waals surface area contributed by atoms with E-state index in [9.17, 15) is 9.90 Å². The van der Waals surface area contributed by atoms with Crippen molar-refractivity contribution in [2.24, 2.45) is 0 Å². The fourth-order valence-electron chi connectivity index (χ4n) is 1.50. The summed E-state index contributed by atoms with van der Waals surface area (Å²) in [7, 11) is 1.57. The Hall–Kier alpha value is -1.11. The zero-order chi connectivity index (χ0) is 14.5. The van der Waals surface area contributed by atoms with Crippen molar-refractivity contribution in [1.82, 2.24) is 5.32 Å². The highest BCUT2D eigenvalue weighted by molar-refractivity contribution is 9.10. The summed E-state index contributed by atoms with van der Waals surface area (Å²) in [6, 6.07) is 5.07. The molecule has 0 radical (unpaired) electrons. The van der Waals surface area contributed by atoms with Gasteiger partial charge in [-0.15, -0.1) is 0 Å². The molecule has 1 rings (SSSR count). The summed E-state index contributed by atoms with van der Waals surface area (Å²) in [5.74, 6) is -0.309. The molecular formula is C13H19BrN2O3. The van der Waals surface area contributed by atoms with Crippen molar-refractivity contribution in [1.29, 1.82) is 0 Å². The first-order valence-electron chi connectivity index (χ1n) is 5.90. The van der Waals surface area contributed by atoms with Crippen LogP contribution in [-0.2, 0) is 4.74 Å². The van der Waals surface area contributed by atoms with E-state index in [1.54, 1.807) is 32.2 Å². The normalized spacial score (nSPS) is 13.9. The molecule has 106 valence electrons. The monoisotopic (exact) mass is 330 g/mol. The van der Waals surface area contributed by atoms with Gasteiger partial charge in [0.25, 0.3) is 5.91 Å². The van der Waals surface area contributed by atoms with Crippen LogP contribution in [0.25, 0.3) is 0 Å². The predicted octanol–water partition coefficient (Wildman–Crippen LogP) is 1.55. The molecule has 1 amide bonds. The van der Waals surface area contributed by atoms with E-state index >= 15 is 0 Å². The first-order chi connectivity index (χ1) is 8.85. The lowest BCUT2D eigenvalue weighted by Gasteiger charge is -2.23. The van der Waals surface area contributed by atoms with E-state index in [1.165, 1.54) is 0 Å². The SMILES string of the molecule is COCCC(C)(O)CNC(=O)c1cc(Br)ccc1N. The summed E-state index contributed by atoms with van der Waals surface area (Å²) in [4.78, 5) is 12.0. The van der Waals surface area contributed by atoms with Gasteiger partial charge in [0.1, 0.15) is 0 Å². The molecule has 4 N–H and O–H groups in total. The number of ether oxygens (including phenoxy) is 1. The van der Waals surface area contributed by atoms with Crippen molar-refractivity contribution in [3.63, 3.8) is 0 Å². The Morgan fingerprint density at radius 3 is 2.89 bits per heavy atom. The Bertz CT molecular complexity index is 450. The zero-order valence-electron chi connectivity index (χ0n) is 11.1. The number of benzene rings is 1. The van der Waals surface area contributed by atoms with E-state index in [0.717, 1.165) is 4.47 Å². The standard InChI is InChI=1S/C13H19BrN2O3/c1-13(18,5-6-19-2)8-16-12(17)10-7-9(14)3-4-11(10)15/h3-4,7,18H,5-6,8,15H2,1-2H3,(H,16,17). The maximum Gasteiger partial charge on any atom is 0.253 e. The van der Waals surface area contributed by atoms with Crippen LogP contribution < -0.4 is 11.1 Å². The molecule has 0 saturated carbocycles. The van der Waals surface area contributed by atoms with Crippen molar-refractivity contribution in [2.75, 3.05) is 26.0 Å². The Labute approximate surface area is 121 Å². The molecule has 0 heterocycles. The Kier molecular flexibility index (Phi) is 5.78. The van der Waals surface area contributed by atoms with Gasteiger partial charge in [-0.25, -0.2) is 0 Å². The molecule has 5 nitrogen and oxygen atoms in total. The third-order valence-corrected chi connectivity index (χ3v) is 3.23. The number of hydrogen-bond acceptors (Lipinski definition) is 4.